The van der Waals surface area contributed by atoms with Crippen LogP contribution in [0.3, 0.4) is 0 Å². The summed E-state index contributed by atoms with van der Waals surface area (Å²) in [6.45, 7) is 7.45. The highest BCUT2D eigenvalue weighted by Crippen LogP contribution is 2.21. The number of hydrogen-bond donors (Lipinski definition) is 0. The Bertz CT molecular complexity index is 907. The second-order valence-electron chi connectivity index (χ2n) is 6.42. The van der Waals surface area contributed by atoms with Gasteiger partial charge >= 0.3 is 0 Å². The summed E-state index contributed by atoms with van der Waals surface area (Å²) in [5, 5.41) is 2.14. The van der Waals surface area contributed by atoms with Crippen molar-refractivity contribution >= 4 is 33.5 Å². The minimum atomic E-state index is 0.178. The van der Waals surface area contributed by atoms with Crippen LogP contribution in [0, 0.1) is 13.8 Å². The quantitative estimate of drug-likeness (QED) is 0.724. The van der Waals surface area contributed by atoms with Crippen molar-refractivity contribution in [3.63, 3.8) is 0 Å². The van der Waals surface area contributed by atoms with Crippen molar-refractivity contribution in [2.75, 3.05) is 31.1 Å². The Morgan fingerprint density at radius 2 is 1.92 bits per heavy atom. The van der Waals surface area contributed by atoms with E-state index in [9.17, 15) is 4.79 Å². The number of hydrogen-bond acceptors (Lipinski definition) is 5. The fraction of sp³-hybridized carbons (Fsp3) is 0.389. The van der Waals surface area contributed by atoms with Crippen molar-refractivity contribution in [1.82, 2.24) is 18.8 Å². The van der Waals surface area contributed by atoms with Gasteiger partial charge in [0.2, 0.25) is 11.0 Å². The average molecular weight is 355 g/mol. The van der Waals surface area contributed by atoms with E-state index in [1.807, 2.05) is 24.0 Å². The maximum Gasteiger partial charge on any atom is 0.242 e. The highest BCUT2D eigenvalue weighted by molar-refractivity contribution is 7.09. The van der Waals surface area contributed by atoms with Gasteiger partial charge < -0.3 is 14.4 Å². The molecule has 0 aliphatic carbocycles. The van der Waals surface area contributed by atoms with Crippen LogP contribution in [-0.4, -0.2) is 50.9 Å². The van der Waals surface area contributed by atoms with Crippen molar-refractivity contribution in [3.05, 3.63) is 41.9 Å². The number of aromatic nitrogens is 3. The molecule has 2 aromatic heterocycles. The number of fused-ring (bicyclic) bond motifs is 1. The summed E-state index contributed by atoms with van der Waals surface area (Å²) in [5.41, 5.74) is 2.24. The molecule has 1 fully saturated rings. The second kappa shape index (κ2) is 6.48. The number of anilines is 1. The van der Waals surface area contributed by atoms with Gasteiger partial charge in [0.15, 0.2) is 0 Å². The average Bonchev–Trinajstić information content (AvgIpc) is 3.19. The maximum atomic E-state index is 12.8. The lowest BCUT2D eigenvalue weighted by molar-refractivity contribution is -0.132. The summed E-state index contributed by atoms with van der Waals surface area (Å²) >= 11 is 1.43. The third-order valence-electron chi connectivity index (χ3n) is 4.73. The summed E-state index contributed by atoms with van der Waals surface area (Å²) in [7, 11) is 0. The highest BCUT2D eigenvalue weighted by atomic mass is 32.1. The van der Waals surface area contributed by atoms with Crippen LogP contribution in [-0.2, 0) is 11.3 Å². The summed E-state index contributed by atoms with van der Waals surface area (Å²) < 4.78 is 6.35. The Morgan fingerprint density at radius 3 is 2.64 bits per heavy atom. The normalized spacial score (nSPS) is 15.1. The van der Waals surface area contributed by atoms with Crippen LogP contribution in [0.2, 0.25) is 0 Å². The van der Waals surface area contributed by atoms with Gasteiger partial charge in [0, 0.05) is 48.9 Å². The molecule has 1 aliphatic rings. The largest absolute Gasteiger partial charge is 0.343 e. The molecule has 0 saturated carbocycles. The van der Waals surface area contributed by atoms with Gasteiger partial charge in [0.25, 0.3) is 0 Å². The molecule has 7 heteroatoms. The Hall–Kier alpha value is -2.41. The SMILES string of the molecule is Cc1nsc(N2CCN(C(=O)Cn3c(C)cc4ccccc43)CC2)n1. The van der Waals surface area contributed by atoms with Crippen LogP contribution in [0.15, 0.2) is 30.3 Å². The second-order valence-corrected chi connectivity index (χ2v) is 7.15. The molecule has 0 spiro atoms. The lowest BCUT2D eigenvalue weighted by Gasteiger charge is -2.34. The van der Waals surface area contributed by atoms with E-state index in [4.69, 9.17) is 0 Å². The van der Waals surface area contributed by atoms with Crippen molar-refractivity contribution in [3.8, 4) is 0 Å². The zero-order valence-corrected chi connectivity index (χ0v) is 15.3. The van der Waals surface area contributed by atoms with E-state index in [2.05, 4.69) is 43.9 Å². The number of aryl methyl sites for hydroxylation is 2. The summed E-state index contributed by atoms with van der Waals surface area (Å²) in [5.74, 6) is 0.992. The molecule has 130 valence electrons. The molecule has 0 atom stereocenters. The molecule has 1 aliphatic heterocycles. The van der Waals surface area contributed by atoms with Crippen LogP contribution >= 0.6 is 11.5 Å². The number of para-hydroxylation sites is 1. The third-order valence-corrected chi connectivity index (χ3v) is 5.60. The lowest BCUT2D eigenvalue weighted by Crippen LogP contribution is -2.49. The Balaban J connectivity index is 1.43. The number of nitrogens with zero attached hydrogens (tertiary/aromatic N) is 5. The van der Waals surface area contributed by atoms with Gasteiger partial charge in [-0.1, -0.05) is 18.2 Å². The van der Waals surface area contributed by atoms with E-state index in [1.54, 1.807) is 0 Å². The molecule has 1 saturated heterocycles. The van der Waals surface area contributed by atoms with Crippen LogP contribution < -0.4 is 4.90 Å². The first-order chi connectivity index (χ1) is 12.1. The molecule has 6 nitrogen and oxygen atoms in total. The molecular formula is C18H21N5OS. The fourth-order valence-corrected chi connectivity index (χ4v) is 4.08. The smallest absolute Gasteiger partial charge is 0.242 e. The molecule has 3 aromatic rings. The van der Waals surface area contributed by atoms with E-state index < -0.39 is 0 Å². The molecule has 1 aromatic carbocycles. The van der Waals surface area contributed by atoms with Crippen LogP contribution in [0.4, 0.5) is 5.13 Å². The monoisotopic (exact) mass is 355 g/mol. The van der Waals surface area contributed by atoms with Gasteiger partial charge in [-0.3, -0.25) is 4.79 Å². The van der Waals surface area contributed by atoms with Crippen molar-refractivity contribution in [2.45, 2.75) is 20.4 Å². The fourth-order valence-electron chi connectivity index (χ4n) is 3.36. The Kier molecular flexibility index (Phi) is 4.17. The molecule has 1 amide bonds. The predicted molar refractivity (Wildman–Crippen MR) is 100 cm³/mol. The lowest BCUT2D eigenvalue weighted by atomic mass is 10.2. The van der Waals surface area contributed by atoms with E-state index in [1.165, 1.54) is 16.9 Å². The van der Waals surface area contributed by atoms with E-state index in [0.29, 0.717) is 6.54 Å². The van der Waals surface area contributed by atoms with E-state index >= 15 is 0 Å². The topological polar surface area (TPSA) is 54.3 Å². The van der Waals surface area contributed by atoms with Crippen LogP contribution in [0.25, 0.3) is 10.9 Å². The van der Waals surface area contributed by atoms with Gasteiger partial charge in [-0.2, -0.15) is 4.37 Å². The first kappa shape index (κ1) is 16.1. The number of rotatable bonds is 3. The van der Waals surface area contributed by atoms with E-state index in [0.717, 1.165) is 48.3 Å². The summed E-state index contributed by atoms with van der Waals surface area (Å²) in [4.78, 5) is 21.4. The van der Waals surface area contributed by atoms with Gasteiger partial charge in [0.1, 0.15) is 12.4 Å². The minimum absolute atomic E-state index is 0.178. The van der Waals surface area contributed by atoms with Gasteiger partial charge in [-0.25, -0.2) is 4.98 Å². The predicted octanol–water partition coefficient (Wildman–Crippen LogP) is 2.46. The number of carbonyl (C=O) groups excluding carboxylic acids is 1. The third kappa shape index (κ3) is 3.11. The van der Waals surface area contributed by atoms with E-state index in [-0.39, 0.29) is 5.91 Å². The van der Waals surface area contributed by atoms with Crippen molar-refractivity contribution in [2.24, 2.45) is 0 Å². The zero-order valence-electron chi connectivity index (χ0n) is 14.5. The number of carbonyl (C=O) groups is 1. The molecule has 0 radical (unpaired) electrons. The van der Waals surface area contributed by atoms with Gasteiger partial charge in [0.05, 0.1) is 0 Å². The molecule has 3 heterocycles. The summed E-state index contributed by atoms with van der Waals surface area (Å²) in [6, 6.07) is 10.4. The standard InChI is InChI=1S/C18H21N5OS/c1-13-11-15-5-3-4-6-16(15)23(13)12-17(24)21-7-9-22(10-8-21)18-19-14(2)20-25-18/h3-6,11H,7-10,12H2,1-2H3. The molecular weight excluding hydrogens is 334 g/mol. The Morgan fingerprint density at radius 1 is 1.16 bits per heavy atom. The molecule has 4 rings (SSSR count). The number of benzene rings is 1. The molecule has 0 N–H and O–H groups in total. The maximum absolute atomic E-state index is 12.8. The minimum Gasteiger partial charge on any atom is -0.343 e. The van der Waals surface area contributed by atoms with Crippen molar-refractivity contribution < 1.29 is 4.79 Å². The first-order valence-electron chi connectivity index (χ1n) is 8.50. The molecule has 0 bridgehead atoms. The van der Waals surface area contributed by atoms with Gasteiger partial charge in [-0.15, -0.1) is 0 Å². The van der Waals surface area contributed by atoms with Crippen LogP contribution in [0.5, 0.6) is 0 Å². The van der Waals surface area contributed by atoms with Crippen LogP contribution in [0.1, 0.15) is 11.5 Å². The van der Waals surface area contributed by atoms with Crippen molar-refractivity contribution in [1.29, 1.82) is 0 Å². The summed E-state index contributed by atoms with van der Waals surface area (Å²) in [6.07, 6.45) is 0. The molecule has 0 unspecified atom stereocenters. The van der Waals surface area contributed by atoms with Gasteiger partial charge in [-0.05, 0) is 31.4 Å². The zero-order chi connectivity index (χ0) is 17.4. The number of piperazine rings is 1. The first-order valence-corrected chi connectivity index (χ1v) is 9.27. The highest BCUT2D eigenvalue weighted by Gasteiger charge is 2.23. The number of amides is 1. The Labute approximate surface area is 150 Å². The molecule has 25 heavy (non-hydrogen) atoms.